The molecule has 3 aromatic carbocycles. The molecule has 1 atom stereocenters. The van der Waals surface area contributed by atoms with Crippen LogP contribution < -0.4 is 0 Å². The Morgan fingerprint density at radius 1 is 0.977 bits per heavy atom. The molecule has 0 fully saturated rings. The molecule has 0 radical (unpaired) electrons. The van der Waals surface area contributed by atoms with Gasteiger partial charge in [-0.05, 0) is 53.8 Å². The number of carbonyl (C=O) groups is 2. The number of nitrogens with zero attached hydrogens (tertiary/aromatic N) is 6. The van der Waals surface area contributed by atoms with Crippen molar-refractivity contribution in [3.63, 3.8) is 0 Å². The SMILES string of the molecule is Cc1ncc(C=CC(=O)N(Cc2ccc(-n3ccnn3)cc2)[C@@H](Cc2ccccc2)C(=O)N2CCc3ccccc3C2)s1. The molecule has 9 heteroatoms. The van der Waals surface area contributed by atoms with Gasteiger partial charge >= 0.3 is 0 Å². The van der Waals surface area contributed by atoms with Gasteiger partial charge in [0, 0.05) is 43.2 Å². The Bertz CT molecular complexity index is 1710. The molecule has 5 aromatic rings. The number of amides is 2. The minimum absolute atomic E-state index is 0.0482. The Hall–Kier alpha value is -4.89. The highest BCUT2D eigenvalue weighted by atomic mass is 32.1. The normalized spacial score (nSPS) is 13.6. The highest BCUT2D eigenvalue weighted by Gasteiger charge is 2.34. The molecule has 0 aliphatic carbocycles. The van der Waals surface area contributed by atoms with Crippen LogP contribution in [0, 0.1) is 6.92 Å². The highest BCUT2D eigenvalue weighted by Crippen LogP contribution is 2.24. The zero-order chi connectivity index (χ0) is 29.6. The number of aromatic nitrogens is 4. The molecule has 0 bridgehead atoms. The molecular weight excluding hydrogens is 556 g/mol. The van der Waals surface area contributed by atoms with Crippen LogP contribution in [0.25, 0.3) is 11.8 Å². The van der Waals surface area contributed by atoms with Crippen molar-refractivity contribution in [3.05, 3.63) is 136 Å². The summed E-state index contributed by atoms with van der Waals surface area (Å²) < 4.78 is 1.68. The lowest BCUT2D eigenvalue weighted by Gasteiger charge is -2.36. The molecule has 8 nitrogen and oxygen atoms in total. The van der Waals surface area contributed by atoms with E-state index in [0.29, 0.717) is 19.5 Å². The predicted octanol–water partition coefficient (Wildman–Crippen LogP) is 5.27. The third-order valence-corrected chi connectivity index (χ3v) is 8.54. The topological polar surface area (TPSA) is 84.2 Å². The van der Waals surface area contributed by atoms with Crippen LogP contribution in [0.1, 0.15) is 32.1 Å². The van der Waals surface area contributed by atoms with Gasteiger partial charge in [-0.3, -0.25) is 9.59 Å². The summed E-state index contributed by atoms with van der Waals surface area (Å²) in [4.78, 5) is 37.3. The Balaban J connectivity index is 1.34. The summed E-state index contributed by atoms with van der Waals surface area (Å²) in [7, 11) is 0. The van der Waals surface area contributed by atoms with E-state index in [2.05, 4.69) is 27.4 Å². The Morgan fingerprint density at radius 3 is 2.47 bits per heavy atom. The summed E-state index contributed by atoms with van der Waals surface area (Å²) in [5.74, 6) is -0.272. The van der Waals surface area contributed by atoms with Crippen molar-refractivity contribution in [1.82, 2.24) is 29.8 Å². The van der Waals surface area contributed by atoms with Crippen LogP contribution in [-0.2, 0) is 35.5 Å². The molecule has 216 valence electrons. The van der Waals surface area contributed by atoms with Gasteiger partial charge in [0.1, 0.15) is 6.04 Å². The van der Waals surface area contributed by atoms with Gasteiger partial charge in [-0.25, -0.2) is 9.67 Å². The number of benzene rings is 3. The van der Waals surface area contributed by atoms with Crippen LogP contribution in [-0.4, -0.2) is 54.2 Å². The lowest BCUT2D eigenvalue weighted by atomic mass is 9.97. The smallest absolute Gasteiger partial charge is 0.247 e. The minimum atomic E-state index is -0.692. The summed E-state index contributed by atoms with van der Waals surface area (Å²) in [6.45, 7) is 3.36. The zero-order valence-electron chi connectivity index (χ0n) is 23.9. The van der Waals surface area contributed by atoms with E-state index in [1.54, 1.807) is 40.3 Å². The molecule has 0 unspecified atom stereocenters. The summed E-state index contributed by atoms with van der Waals surface area (Å²) in [6.07, 6.45) is 9.72. The number of carbonyl (C=O) groups excluding carboxylic acids is 2. The van der Waals surface area contributed by atoms with Gasteiger partial charge in [0.15, 0.2) is 0 Å². The fourth-order valence-electron chi connectivity index (χ4n) is 5.41. The molecule has 0 N–H and O–H groups in total. The van der Waals surface area contributed by atoms with Crippen molar-refractivity contribution in [2.24, 2.45) is 0 Å². The maximum Gasteiger partial charge on any atom is 0.247 e. The van der Waals surface area contributed by atoms with E-state index in [-0.39, 0.29) is 18.4 Å². The van der Waals surface area contributed by atoms with E-state index >= 15 is 0 Å². The van der Waals surface area contributed by atoms with E-state index < -0.39 is 6.04 Å². The van der Waals surface area contributed by atoms with E-state index in [1.807, 2.05) is 78.6 Å². The lowest BCUT2D eigenvalue weighted by molar-refractivity contribution is -0.144. The number of thiazole rings is 1. The lowest BCUT2D eigenvalue weighted by Crippen LogP contribution is -2.52. The molecule has 1 aliphatic heterocycles. The van der Waals surface area contributed by atoms with Gasteiger partial charge in [0.25, 0.3) is 0 Å². The van der Waals surface area contributed by atoms with Gasteiger partial charge in [-0.1, -0.05) is 71.9 Å². The number of fused-ring (bicyclic) bond motifs is 1. The molecule has 3 heterocycles. The minimum Gasteiger partial charge on any atom is -0.336 e. The van der Waals surface area contributed by atoms with Crippen LogP contribution in [0.15, 0.2) is 104 Å². The molecule has 2 aromatic heterocycles. The number of hydrogen-bond acceptors (Lipinski definition) is 6. The first kappa shape index (κ1) is 28.2. The largest absolute Gasteiger partial charge is 0.336 e. The molecule has 0 saturated heterocycles. The molecule has 43 heavy (non-hydrogen) atoms. The van der Waals surface area contributed by atoms with Crippen molar-refractivity contribution in [3.8, 4) is 5.69 Å². The van der Waals surface area contributed by atoms with E-state index in [4.69, 9.17) is 0 Å². The Morgan fingerprint density at radius 2 is 1.74 bits per heavy atom. The van der Waals surface area contributed by atoms with Gasteiger partial charge in [0.05, 0.1) is 23.1 Å². The third kappa shape index (κ3) is 6.79. The quantitative estimate of drug-likeness (QED) is 0.219. The standard InChI is InChI=1S/C34H32N6O2S/c1-25-35-22-31(43-25)15-16-33(41)39(23-27-11-13-30(14-12-27)40-20-18-36-37-40)32(21-26-7-3-2-4-8-26)34(42)38-19-17-28-9-5-6-10-29(28)24-38/h2-16,18,20,22,32H,17,19,21,23-24H2,1H3/t32-/m0/s1. The summed E-state index contributed by atoms with van der Waals surface area (Å²) in [5, 5.41) is 8.88. The second-order valence-corrected chi connectivity index (χ2v) is 11.8. The second kappa shape index (κ2) is 13.0. The fraction of sp³-hybridized carbons (Fsp3) is 0.206. The Kier molecular flexibility index (Phi) is 8.51. The number of rotatable bonds is 9. The van der Waals surface area contributed by atoms with E-state index in [9.17, 15) is 9.59 Å². The van der Waals surface area contributed by atoms with Crippen molar-refractivity contribution < 1.29 is 9.59 Å². The first-order valence-electron chi connectivity index (χ1n) is 14.3. The number of hydrogen-bond donors (Lipinski definition) is 0. The van der Waals surface area contributed by atoms with Crippen molar-refractivity contribution in [2.45, 2.75) is 38.9 Å². The van der Waals surface area contributed by atoms with Crippen molar-refractivity contribution in [1.29, 1.82) is 0 Å². The van der Waals surface area contributed by atoms with Gasteiger partial charge < -0.3 is 9.80 Å². The first-order chi connectivity index (χ1) is 21.0. The van der Waals surface area contributed by atoms with Gasteiger partial charge in [-0.2, -0.15) is 0 Å². The summed E-state index contributed by atoms with van der Waals surface area (Å²) >= 11 is 1.52. The second-order valence-electron chi connectivity index (χ2n) is 10.6. The van der Waals surface area contributed by atoms with Crippen molar-refractivity contribution >= 4 is 29.2 Å². The first-order valence-corrected chi connectivity index (χ1v) is 15.1. The van der Waals surface area contributed by atoms with Crippen LogP contribution in [0.4, 0.5) is 0 Å². The molecule has 0 saturated carbocycles. The Labute approximate surface area is 254 Å². The average molecular weight is 589 g/mol. The van der Waals surface area contributed by atoms with Crippen molar-refractivity contribution in [2.75, 3.05) is 6.54 Å². The molecule has 1 aliphatic rings. The zero-order valence-corrected chi connectivity index (χ0v) is 24.7. The van der Waals surface area contributed by atoms with E-state index in [1.165, 1.54) is 16.9 Å². The van der Waals surface area contributed by atoms with Gasteiger partial charge in [-0.15, -0.1) is 16.4 Å². The molecule has 0 spiro atoms. The van der Waals surface area contributed by atoms with E-state index in [0.717, 1.165) is 38.7 Å². The summed E-state index contributed by atoms with van der Waals surface area (Å²) in [6, 6.07) is 25.3. The molecule has 2 amide bonds. The monoisotopic (exact) mass is 588 g/mol. The van der Waals surface area contributed by atoms with Crippen LogP contribution in [0.3, 0.4) is 0 Å². The maximum absolute atomic E-state index is 14.4. The average Bonchev–Trinajstić information content (AvgIpc) is 3.74. The number of aryl methyl sites for hydroxylation is 1. The molecular formula is C34H32N6O2S. The fourth-order valence-corrected chi connectivity index (χ4v) is 6.09. The highest BCUT2D eigenvalue weighted by molar-refractivity contribution is 7.12. The van der Waals surface area contributed by atoms with Crippen LogP contribution in [0.2, 0.25) is 0 Å². The van der Waals surface area contributed by atoms with Gasteiger partial charge in [0.2, 0.25) is 11.8 Å². The summed E-state index contributed by atoms with van der Waals surface area (Å²) in [5.41, 5.74) is 5.20. The maximum atomic E-state index is 14.4. The third-order valence-electron chi connectivity index (χ3n) is 7.66. The molecule has 6 rings (SSSR count). The predicted molar refractivity (Wildman–Crippen MR) is 167 cm³/mol. The van der Waals surface area contributed by atoms with Crippen LogP contribution >= 0.6 is 11.3 Å². The van der Waals surface area contributed by atoms with Crippen LogP contribution in [0.5, 0.6) is 0 Å².